The second-order valence-corrected chi connectivity index (χ2v) is 5.54. The molecule has 2 N–H and O–H groups in total. The summed E-state index contributed by atoms with van der Waals surface area (Å²) in [5.74, 6) is -1.58. The Bertz CT molecular complexity index is 686. The summed E-state index contributed by atoms with van der Waals surface area (Å²) in [6.07, 6.45) is 0. The van der Waals surface area contributed by atoms with Gasteiger partial charge in [-0.2, -0.15) is 0 Å². The standard InChI is InChI=1S/C17H20N2O6/c1-11(9-24-2)15(17(22)23)19-8-13(16(19)21)18-14(20)10-25-12-6-4-3-5-7-12/h3-7,13H,8-10H2,1-2H3,(H,18,20)(H,22,23)/b15-11-. The average Bonchev–Trinajstić information content (AvgIpc) is 2.59. The van der Waals surface area contributed by atoms with Gasteiger partial charge in [-0.05, 0) is 24.6 Å². The number of benzene rings is 1. The second-order valence-electron chi connectivity index (χ2n) is 5.54. The molecule has 1 atom stereocenters. The van der Waals surface area contributed by atoms with Crippen LogP contribution in [0.3, 0.4) is 0 Å². The van der Waals surface area contributed by atoms with Gasteiger partial charge in [0, 0.05) is 7.11 Å². The molecule has 1 fully saturated rings. The Hall–Kier alpha value is -2.87. The molecule has 1 saturated heterocycles. The maximum Gasteiger partial charge on any atom is 0.352 e. The molecule has 25 heavy (non-hydrogen) atoms. The number of likely N-dealkylation sites (tertiary alicyclic amines) is 1. The molecule has 1 aliphatic rings. The lowest BCUT2D eigenvalue weighted by molar-refractivity contribution is -0.149. The zero-order valence-electron chi connectivity index (χ0n) is 14.0. The molecule has 1 aromatic rings. The van der Waals surface area contributed by atoms with E-state index in [-0.39, 0.29) is 25.5 Å². The fourth-order valence-corrected chi connectivity index (χ4v) is 2.45. The highest BCUT2D eigenvalue weighted by Gasteiger charge is 2.42. The number of amides is 2. The molecule has 1 aromatic carbocycles. The third-order valence-corrected chi connectivity index (χ3v) is 3.62. The number of β-lactam (4-membered cyclic amide) rings is 1. The van der Waals surface area contributed by atoms with Crippen LogP contribution in [0.25, 0.3) is 0 Å². The van der Waals surface area contributed by atoms with Crippen molar-refractivity contribution in [1.29, 1.82) is 0 Å². The molecule has 8 nitrogen and oxygen atoms in total. The van der Waals surface area contributed by atoms with Crippen molar-refractivity contribution in [1.82, 2.24) is 10.2 Å². The van der Waals surface area contributed by atoms with Crippen molar-refractivity contribution in [3.8, 4) is 5.75 Å². The number of rotatable bonds is 8. The fraction of sp³-hybridized carbons (Fsp3) is 0.353. The first-order chi connectivity index (χ1) is 11.9. The van der Waals surface area contributed by atoms with Crippen molar-refractivity contribution in [2.45, 2.75) is 13.0 Å². The number of carboxylic acids is 1. The summed E-state index contributed by atoms with van der Waals surface area (Å²) < 4.78 is 10.2. The van der Waals surface area contributed by atoms with Crippen molar-refractivity contribution in [3.05, 3.63) is 41.6 Å². The number of aliphatic carboxylic acids is 1. The lowest BCUT2D eigenvalue weighted by Gasteiger charge is -2.39. The normalized spacial score (nSPS) is 17.4. The van der Waals surface area contributed by atoms with E-state index in [1.54, 1.807) is 31.2 Å². The molecule has 2 rings (SSSR count). The van der Waals surface area contributed by atoms with Gasteiger partial charge in [-0.1, -0.05) is 18.2 Å². The minimum atomic E-state index is -1.21. The number of carboxylic acid groups (broad SMARTS) is 1. The topological polar surface area (TPSA) is 105 Å². The van der Waals surface area contributed by atoms with E-state index in [0.29, 0.717) is 11.3 Å². The molecule has 134 valence electrons. The van der Waals surface area contributed by atoms with Crippen LogP contribution in [0.1, 0.15) is 6.92 Å². The van der Waals surface area contributed by atoms with Crippen LogP contribution in [0.5, 0.6) is 5.75 Å². The van der Waals surface area contributed by atoms with Crippen molar-refractivity contribution in [2.24, 2.45) is 0 Å². The van der Waals surface area contributed by atoms with Crippen LogP contribution in [0.2, 0.25) is 0 Å². The predicted octanol–water partition coefficient (Wildman–Crippen LogP) is 0.397. The summed E-state index contributed by atoms with van der Waals surface area (Å²) in [7, 11) is 1.44. The van der Waals surface area contributed by atoms with Gasteiger partial charge in [0.1, 0.15) is 17.5 Å². The van der Waals surface area contributed by atoms with E-state index in [2.05, 4.69) is 5.32 Å². The number of hydrogen-bond acceptors (Lipinski definition) is 5. The van der Waals surface area contributed by atoms with Gasteiger partial charge in [-0.15, -0.1) is 0 Å². The van der Waals surface area contributed by atoms with Crippen LogP contribution in [0, 0.1) is 0 Å². The van der Waals surface area contributed by atoms with Crippen molar-refractivity contribution >= 4 is 17.8 Å². The molecule has 8 heteroatoms. The Kier molecular flexibility index (Phi) is 6.13. The van der Waals surface area contributed by atoms with Crippen molar-refractivity contribution < 1.29 is 29.0 Å². The maximum atomic E-state index is 12.2. The highest BCUT2D eigenvalue weighted by Crippen LogP contribution is 2.21. The zero-order chi connectivity index (χ0) is 18.4. The smallest absolute Gasteiger partial charge is 0.352 e. The fourth-order valence-electron chi connectivity index (χ4n) is 2.45. The van der Waals surface area contributed by atoms with E-state index < -0.39 is 23.8 Å². The number of carbonyl (C=O) groups excluding carboxylic acids is 2. The quantitative estimate of drug-likeness (QED) is 0.520. The van der Waals surface area contributed by atoms with Crippen LogP contribution >= 0.6 is 0 Å². The van der Waals surface area contributed by atoms with Gasteiger partial charge in [0.05, 0.1) is 13.2 Å². The Morgan fingerprint density at radius 3 is 2.52 bits per heavy atom. The van der Waals surface area contributed by atoms with Gasteiger partial charge >= 0.3 is 5.97 Å². The van der Waals surface area contributed by atoms with Crippen molar-refractivity contribution in [2.75, 3.05) is 26.9 Å². The van der Waals surface area contributed by atoms with Gasteiger partial charge in [0.25, 0.3) is 11.8 Å². The second kappa shape index (κ2) is 8.29. The van der Waals surface area contributed by atoms with Crippen molar-refractivity contribution in [3.63, 3.8) is 0 Å². The van der Waals surface area contributed by atoms with Gasteiger partial charge in [-0.25, -0.2) is 4.79 Å². The van der Waals surface area contributed by atoms with E-state index in [1.165, 1.54) is 7.11 Å². The molecule has 0 spiro atoms. The average molecular weight is 348 g/mol. The van der Waals surface area contributed by atoms with Gasteiger partial charge in [0.2, 0.25) is 0 Å². The van der Waals surface area contributed by atoms with E-state index in [0.717, 1.165) is 4.90 Å². The Morgan fingerprint density at radius 1 is 1.28 bits per heavy atom. The lowest BCUT2D eigenvalue weighted by atomic mass is 10.0. The van der Waals surface area contributed by atoms with Crippen LogP contribution in [-0.2, 0) is 19.1 Å². The highest BCUT2D eigenvalue weighted by atomic mass is 16.5. The molecule has 0 aromatic heterocycles. The molecule has 1 aliphatic heterocycles. The van der Waals surface area contributed by atoms with Gasteiger partial charge in [0.15, 0.2) is 6.61 Å². The minimum absolute atomic E-state index is 0.0958. The monoisotopic (exact) mass is 348 g/mol. The first kappa shape index (κ1) is 18.5. The molecule has 1 heterocycles. The van der Waals surface area contributed by atoms with E-state index >= 15 is 0 Å². The summed E-state index contributed by atoms with van der Waals surface area (Å²) in [5, 5.41) is 11.8. The van der Waals surface area contributed by atoms with Crippen LogP contribution in [-0.4, -0.2) is 60.7 Å². The molecular formula is C17H20N2O6. The van der Waals surface area contributed by atoms with E-state index in [9.17, 15) is 19.5 Å². The number of nitrogens with zero attached hydrogens (tertiary/aromatic N) is 1. The first-order valence-corrected chi connectivity index (χ1v) is 7.64. The number of nitrogens with one attached hydrogen (secondary N) is 1. The third-order valence-electron chi connectivity index (χ3n) is 3.62. The molecule has 0 bridgehead atoms. The first-order valence-electron chi connectivity index (χ1n) is 7.64. The number of ether oxygens (including phenoxy) is 2. The zero-order valence-corrected chi connectivity index (χ0v) is 14.0. The molecule has 0 radical (unpaired) electrons. The van der Waals surface area contributed by atoms with E-state index in [1.807, 2.05) is 6.07 Å². The predicted molar refractivity (Wildman–Crippen MR) is 87.8 cm³/mol. The highest BCUT2D eigenvalue weighted by molar-refractivity contribution is 6.00. The van der Waals surface area contributed by atoms with Gasteiger partial charge in [-0.3, -0.25) is 9.59 Å². The maximum absolute atomic E-state index is 12.2. The summed E-state index contributed by atoms with van der Waals surface area (Å²) >= 11 is 0. The number of methoxy groups -OCH3 is 1. The van der Waals surface area contributed by atoms with Crippen LogP contribution < -0.4 is 10.1 Å². The summed E-state index contributed by atoms with van der Waals surface area (Å²) in [6.45, 7) is 1.56. The SMILES string of the molecule is COC/C(C)=C(/C(=O)O)N1CC(NC(=O)COc2ccccc2)C1=O. The van der Waals surface area contributed by atoms with Crippen LogP contribution in [0.4, 0.5) is 0 Å². The molecular weight excluding hydrogens is 328 g/mol. The van der Waals surface area contributed by atoms with Crippen LogP contribution in [0.15, 0.2) is 41.6 Å². The lowest BCUT2D eigenvalue weighted by Crippen LogP contribution is -2.64. The molecule has 0 aliphatic carbocycles. The largest absolute Gasteiger partial charge is 0.484 e. The Morgan fingerprint density at radius 2 is 1.96 bits per heavy atom. The Balaban J connectivity index is 1.88. The van der Waals surface area contributed by atoms with Gasteiger partial charge < -0.3 is 24.8 Å². The summed E-state index contributed by atoms with van der Waals surface area (Å²) in [4.78, 5) is 36.5. The minimum Gasteiger partial charge on any atom is -0.484 e. The third kappa shape index (κ3) is 4.57. The number of hydrogen-bond donors (Lipinski definition) is 2. The molecule has 1 unspecified atom stereocenters. The molecule has 2 amide bonds. The summed E-state index contributed by atoms with van der Waals surface area (Å²) in [5.41, 5.74) is 0.318. The number of carbonyl (C=O) groups is 3. The summed E-state index contributed by atoms with van der Waals surface area (Å²) in [6, 6.07) is 8.06. The molecule has 0 saturated carbocycles. The number of para-hydroxylation sites is 1. The van der Waals surface area contributed by atoms with E-state index in [4.69, 9.17) is 9.47 Å². The Labute approximate surface area is 145 Å².